The average Bonchev–Trinajstić information content (AvgIpc) is 3.25. The van der Waals surface area contributed by atoms with Gasteiger partial charge in [-0.05, 0) is 29.3 Å². The lowest BCUT2D eigenvalue weighted by atomic mass is 10.1. The molecule has 4 aromatic rings. The monoisotopic (exact) mass is 369 g/mol. The zero-order valence-electron chi connectivity index (χ0n) is 15.1. The van der Waals surface area contributed by atoms with Gasteiger partial charge in [-0.25, -0.2) is 4.98 Å². The van der Waals surface area contributed by atoms with Gasteiger partial charge in [0, 0.05) is 17.7 Å². The minimum absolute atomic E-state index is 0.171. The number of nitrogens with one attached hydrogen (secondary N) is 1. The summed E-state index contributed by atoms with van der Waals surface area (Å²) in [6.45, 7) is 0.502. The van der Waals surface area contributed by atoms with Gasteiger partial charge in [0.2, 0.25) is 5.91 Å². The SMILES string of the molecule is O=C(/C=C/c1ccnc2ccccc12)NC(Cn1cncn1)c1ccccc1. The molecule has 0 fully saturated rings. The molecular formula is C22H19N5O. The van der Waals surface area contributed by atoms with Gasteiger partial charge in [-0.15, -0.1) is 0 Å². The van der Waals surface area contributed by atoms with E-state index in [1.807, 2.05) is 66.7 Å². The highest BCUT2D eigenvalue weighted by Crippen LogP contribution is 2.18. The Kier molecular flexibility index (Phi) is 5.20. The van der Waals surface area contributed by atoms with Crippen molar-refractivity contribution in [1.82, 2.24) is 25.1 Å². The summed E-state index contributed by atoms with van der Waals surface area (Å²) in [5.41, 5.74) is 2.86. The van der Waals surface area contributed by atoms with Crippen LogP contribution >= 0.6 is 0 Å². The number of benzene rings is 2. The third-order valence-electron chi connectivity index (χ3n) is 4.45. The second-order valence-electron chi connectivity index (χ2n) is 6.34. The van der Waals surface area contributed by atoms with E-state index in [4.69, 9.17) is 0 Å². The van der Waals surface area contributed by atoms with Crippen molar-refractivity contribution in [2.24, 2.45) is 0 Å². The number of nitrogens with zero attached hydrogens (tertiary/aromatic N) is 4. The Balaban J connectivity index is 1.53. The first kappa shape index (κ1) is 17.6. The molecule has 6 nitrogen and oxygen atoms in total. The molecule has 2 heterocycles. The van der Waals surface area contributed by atoms with E-state index in [9.17, 15) is 4.79 Å². The molecule has 2 aromatic heterocycles. The van der Waals surface area contributed by atoms with Crippen LogP contribution in [0.25, 0.3) is 17.0 Å². The lowest BCUT2D eigenvalue weighted by molar-refractivity contribution is -0.117. The van der Waals surface area contributed by atoms with Crippen molar-refractivity contribution < 1.29 is 4.79 Å². The molecule has 1 unspecified atom stereocenters. The summed E-state index contributed by atoms with van der Waals surface area (Å²) in [7, 11) is 0. The van der Waals surface area contributed by atoms with Crippen LogP contribution in [0.2, 0.25) is 0 Å². The summed E-state index contributed by atoms with van der Waals surface area (Å²) in [5.74, 6) is -0.171. The number of para-hydroxylation sites is 1. The van der Waals surface area contributed by atoms with E-state index >= 15 is 0 Å². The molecule has 0 saturated heterocycles. The van der Waals surface area contributed by atoms with E-state index in [-0.39, 0.29) is 11.9 Å². The number of fused-ring (bicyclic) bond motifs is 1. The smallest absolute Gasteiger partial charge is 0.244 e. The molecule has 138 valence electrons. The van der Waals surface area contributed by atoms with Crippen molar-refractivity contribution in [2.75, 3.05) is 0 Å². The quantitative estimate of drug-likeness (QED) is 0.529. The van der Waals surface area contributed by atoms with Crippen molar-refractivity contribution in [3.63, 3.8) is 0 Å². The summed E-state index contributed by atoms with van der Waals surface area (Å²) in [4.78, 5) is 20.9. The fraction of sp³-hybridized carbons (Fsp3) is 0.0909. The van der Waals surface area contributed by atoms with E-state index in [1.54, 1.807) is 23.3 Å². The lowest BCUT2D eigenvalue weighted by Gasteiger charge is -2.18. The molecule has 1 amide bonds. The Morgan fingerprint density at radius 3 is 2.71 bits per heavy atom. The third-order valence-corrected chi connectivity index (χ3v) is 4.45. The van der Waals surface area contributed by atoms with Crippen molar-refractivity contribution in [1.29, 1.82) is 0 Å². The number of carbonyl (C=O) groups excluding carboxylic acids is 1. The topological polar surface area (TPSA) is 72.7 Å². The minimum atomic E-state index is -0.214. The fourth-order valence-electron chi connectivity index (χ4n) is 3.08. The van der Waals surface area contributed by atoms with Gasteiger partial charge in [0.1, 0.15) is 12.7 Å². The lowest BCUT2D eigenvalue weighted by Crippen LogP contribution is -2.30. The van der Waals surface area contributed by atoms with Crippen LogP contribution in [0.1, 0.15) is 17.2 Å². The molecule has 4 rings (SSSR count). The normalized spacial score (nSPS) is 12.3. The molecule has 0 saturated carbocycles. The van der Waals surface area contributed by atoms with Crippen LogP contribution in [-0.2, 0) is 11.3 Å². The van der Waals surface area contributed by atoms with Crippen molar-refractivity contribution in [2.45, 2.75) is 12.6 Å². The molecule has 28 heavy (non-hydrogen) atoms. The van der Waals surface area contributed by atoms with E-state index in [0.29, 0.717) is 6.54 Å². The van der Waals surface area contributed by atoms with E-state index in [0.717, 1.165) is 22.0 Å². The molecule has 1 N–H and O–H groups in total. The molecule has 0 aliphatic carbocycles. The highest BCUT2D eigenvalue weighted by Gasteiger charge is 2.14. The van der Waals surface area contributed by atoms with Crippen LogP contribution in [0, 0.1) is 0 Å². The second kappa shape index (κ2) is 8.26. The largest absolute Gasteiger partial charge is 0.344 e. The number of amides is 1. The minimum Gasteiger partial charge on any atom is -0.344 e. The summed E-state index contributed by atoms with van der Waals surface area (Å²) in [5, 5.41) is 8.22. The Morgan fingerprint density at radius 1 is 1.07 bits per heavy atom. The Bertz CT molecular complexity index is 1090. The predicted octanol–water partition coefficient (Wildman–Crippen LogP) is 3.40. The summed E-state index contributed by atoms with van der Waals surface area (Å²) in [6.07, 6.45) is 8.24. The highest BCUT2D eigenvalue weighted by molar-refractivity contribution is 5.95. The van der Waals surface area contributed by atoms with E-state index in [2.05, 4.69) is 20.4 Å². The van der Waals surface area contributed by atoms with E-state index < -0.39 is 0 Å². The van der Waals surface area contributed by atoms with Crippen LogP contribution in [0.4, 0.5) is 0 Å². The maximum atomic E-state index is 12.6. The predicted molar refractivity (Wildman–Crippen MR) is 108 cm³/mol. The number of hydrogen-bond donors (Lipinski definition) is 1. The van der Waals surface area contributed by atoms with Gasteiger partial charge >= 0.3 is 0 Å². The number of carbonyl (C=O) groups is 1. The molecule has 0 aliphatic heterocycles. The van der Waals surface area contributed by atoms with Gasteiger partial charge in [0.15, 0.2) is 0 Å². The molecule has 1 atom stereocenters. The Hall–Kier alpha value is -3.80. The van der Waals surface area contributed by atoms with E-state index in [1.165, 1.54) is 6.33 Å². The van der Waals surface area contributed by atoms with Gasteiger partial charge in [0.05, 0.1) is 18.1 Å². The Labute approximate surface area is 162 Å². The molecule has 0 bridgehead atoms. The number of pyridine rings is 1. The van der Waals surface area contributed by atoms with Crippen molar-refractivity contribution in [3.8, 4) is 0 Å². The number of rotatable bonds is 6. The van der Waals surface area contributed by atoms with Crippen LogP contribution < -0.4 is 5.32 Å². The van der Waals surface area contributed by atoms with Gasteiger partial charge in [-0.1, -0.05) is 48.5 Å². The molecular weight excluding hydrogens is 350 g/mol. The van der Waals surface area contributed by atoms with Crippen molar-refractivity contribution in [3.05, 3.63) is 96.7 Å². The maximum Gasteiger partial charge on any atom is 0.244 e. The summed E-state index contributed by atoms with van der Waals surface area (Å²) in [6, 6.07) is 19.4. The zero-order chi connectivity index (χ0) is 19.2. The summed E-state index contributed by atoms with van der Waals surface area (Å²) >= 11 is 0. The van der Waals surface area contributed by atoms with Crippen molar-refractivity contribution >= 4 is 22.9 Å². The summed E-state index contributed by atoms with van der Waals surface area (Å²) < 4.78 is 1.71. The van der Waals surface area contributed by atoms with Crippen LogP contribution in [0.15, 0.2) is 85.6 Å². The fourth-order valence-corrected chi connectivity index (χ4v) is 3.08. The highest BCUT2D eigenvalue weighted by atomic mass is 16.1. The van der Waals surface area contributed by atoms with Gasteiger partial charge in [0.25, 0.3) is 0 Å². The first-order valence-electron chi connectivity index (χ1n) is 8.99. The molecule has 2 aromatic carbocycles. The first-order valence-corrected chi connectivity index (χ1v) is 8.99. The van der Waals surface area contributed by atoms with Gasteiger partial charge in [-0.3, -0.25) is 14.5 Å². The maximum absolute atomic E-state index is 12.6. The number of hydrogen-bond acceptors (Lipinski definition) is 4. The molecule has 0 spiro atoms. The third kappa shape index (κ3) is 4.12. The Morgan fingerprint density at radius 2 is 1.89 bits per heavy atom. The molecule has 0 radical (unpaired) electrons. The first-order chi connectivity index (χ1) is 13.8. The standard InChI is InChI=1S/C22H19N5O/c28-22(11-10-17-12-13-24-20-9-5-4-8-19(17)20)26-21(14-27-16-23-15-25-27)18-6-2-1-3-7-18/h1-13,15-16,21H,14H2,(H,26,28)/b11-10+. The van der Waals surface area contributed by atoms with Gasteiger partial charge in [-0.2, -0.15) is 5.10 Å². The van der Waals surface area contributed by atoms with Crippen LogP contribution in [0.3, 0.4) is 0 Å². The number of aromatic nitrogens is 4. The average molecular weight is 369 g/mol. The molecule has 0 aliphatic rings. The van der Waals surface area contributed by atoms with Gasteiger partial charge < -0.3 is 5.32 Å². The van der Waals surface area contributed by atoms with Crippen LogP contribution in [0.5, 0.6) is 0 Å². The van der Waals surface area contributed by atoms with Crippen LogP contribution in [-0.4, -0.2) is 25.7 Å². The second-order valence-corrected chi connectivity index (χ2v) is 6.34. The molecule has 6 heteroatoms. The zero-order valence-corrected chi connectivity index (χ0v) is 15.1.